The first-order chi connectivity index (χ1) is 17.2. The number of nitrogens with zero attached hydrogens (tertiary/aromatic N) is 1. The van der Waals surface area contributed by atoms with Crippen molar-refractivity contribution in [2.75, 3.05) is 6.61 Å². The average molecular weight is 474 g/mol. The zero-order valence-electron chi connectivity index (χ0n) is 22.4. The second-order valence-electron chi connectivity index (χ2n) is 10.7. The molecule has 0 spiro atoms. The van der Waals surface area contributed by atoms with Gasteiger partial charge < -0.3 is 4.74 Å². The van der Waals surface area contributed by atoms with Gasteiger partial charge in [0.2, 0.25) is 0 Å². The van der Waals surface area contributed by atoms with Gasteiger partial charge >= 0.3 is 0 Å². The maximum Gasteiger partial charge on any atom is 0.119 e. The third kappa shape index (κ3) is 8.71. The fourth-order valence-electron chi connectivity index (χ4n) is 5.58. The Kier molecular flexibility index (Phi) is 11.7. The van der Waals surface area contributed by atoms with Crippen LogP contribution in [0.2, 0.25) is 0 Å². The molecule has 2 nitrogen and oxygen atoms in total. The third-order valence-electron chi connectivity index (χ3n) is 8.03. The SMILES string of the molecule is CCCCCCCCC1(C#N)CCC(c2ccc(-c3ccc(OCCCCCC)cc3)cc2)CC1. The zero-order valence-corrected chi connectivity index (χ0v) is 22.4. The van der Waals surface area contributed by atoms with Crippen LogP contribution in [0.5, 0.6) is 5.75 Å². The Labute approximate surface area is 215 Å². The summed E-state index contributed by atoms with van der Waals surface area (Å²) in [7, 11) is 0. The van der Waals surface area contributed by atoms with Gasteiger partial charge in [-0.25, -0.2) is 0 Å². The second kappa shape index (κ2) is 15.0. The van der Waals surface area contributed by atoms with Crippen LogP contribution in [0.3, 0.4) is 0 Å². The molecule has 0 N–H and O–H groups in total. The summed E-state index contributed by atoms with van der Waals surface area (Å²) >= 11 is 0. The molecular formula is C33H47NO. The molecule has 3 rings (SSSR count). The predicted octanol–water partition coefficient (Wildman–Crippen LogP) is 10.2. The van der Waals surface area contributed by atoms with Gasteiger partial charge in [0.25, 0.3) is 0 Å². The van der Waals surface area contributed by atoms with Crippen LogP contribution in [0.25, 0.3) is 11.1 Å². The molecule has 1 fully saturated rings. The summed E-state index contributed by atoms with van der Waals surface area (Å²) in [6.45, 7) is 5.31. The Morgan fingerprint density at radius 2 is 1.29 bits per heavy atom. The van der Waals surface area contributed by atoms with Crippen LogP contribution < -0.4 is 4.74 Å². The molecule has 1 aliphatic carbocycles. The monoisotopic (exact) mass is 473 g/mol. The van der Waals surface area contributed by atoms with Gasteiger partial charge in [-0.3, -0.25) is 0 Å². The molecule has 190 valence electrons. The topological polar surface area (TPSA) is 33.0 Å². The summed E-state index contributed by atoms with van der Waals surface area (Å²) in [6, 6.07) is 20.4. The van der Waals surface area contributed by atoms with E-state index in [9.17, 15) is 5.26 Å². The van der Waals surface area contributed by atoms with Crippen molar-refractivity contribution < 1.29 is 4.74 Å². The summed E-state index contributed by atoms with van der Waals surface area (Å²) in [5, 5.41) is 9.94. The van der Waals surface area contributed by atoms with Gasteiger partial charge in [0.15, 0.2) is 0 Å². The van der Waals surface area contributed by atoms with E-state index in [0.29, 0.717) is 5.92 Å². The van der Waals surface area contributed by atoms with Crippen LogP contribution in [-0.2, 0) is 0 Å². The van der Waals surface area contributed by atoms with Crippen molar-refractivity contribution in [3.05, 3.63) is 54.1 Å². The number of unbranched alkanes of at least 4 members (excludes halogenated alkanes) is 8. The number of benzene rings is 2. The lowest BCUT2D eigenvalue weighted by atomic mass is 9.67. The predicted molar refractivity (Wildman–Crippen MR) is 149 cm³/mol. The van der Waals surface area contributed by atoms with Crippen LogP contribution in [0.4, 0.5) is 0 Å². The number of nitriles is 1. The lowest BCUT2D eigenvalue weighted by molar-refractivity contribution is 0.223. The molecule has 1 aliphatic rings. The van der Waals surface area contributed by atoms with Crippen LogP contribution in [0, 0.1) is 16.7 Å². The molecule has 0 unspecified atom stereocenters. The molecular weight excluding hydrogens is 426 g/mol. The Morgan fingerprint density at radius 1 is 0.743 bits per heavy atom. The fraction of sp³-hybridized carbons (Fsp3) is 0.606. The van der Waals surface area contributed by atoms with Gasteiger partial charge in [-0.2, -0.15) is 5.26 Å². The van der Waals surface area contributed by atoms with Crippen LogP contribution in [-0.4, -0.2) is 6.61 Å². The molecule has 0 aliphatic heterocycles. The van der Waals surface area contributed by atoms with Crippen LogP contribution in [0.15, 0.2) is 48.5 Å². The minimum absolute atomic E-state index is 0.0684. The normalized spacial score (nSPS) is 19.9. The first-order valence-electron chi connectivity index (χ1n) is 14.4. The van der Waals surface area contributed by atoms with Crippen LogP contribution >= 0.6 is 0 Å². The Hall–Kier alpha value is -2.27. The van der Waals surface area contributed by atoms with Gasteiger partial charge in [0.1, 0.15) is 5.75 Å². The summed E-state index contributed by atoms with van der Waals surface area (Å²) in [6.07, 6.45) is 18.3. The number of rotatable bonds is 15. The van der Waals surface area contributed by atoms with Crippen molar-refractivity contribution >= 4 is 0 Å². The molecule has 2 aromatic carbocycles. The average Bonchev–Trinajstić information content (AvgIpc) is 2.91. The standard InChI is InChI=1S/C33H47NO/c1-3-5-7-9-10-11-23-33(27-34)24-21-31(22-25-33)29-15-13-28(14-16-29)30-17-19-32(20-18-30)35-26-12-8-6-4-2/h13-20,31H,3-12,21-26H2,1-2H3. The highest BCUT2D eigenvalue weighted by Crippen LogP contribution is 2.46. The third-order valence-corrected chi connectivity index (χ3v) is 8.03. The minimum Gasteiger partial charge on any atom is -0.494 e. The molecule has 0 radical (unpaired) electrons. The van der Waals surface area contributed by atoms with E-state index in [1.54, 1.807) is 0 Å². The number of ether oxygens (including phenoxy) is 1. The van der Waals surface area contributed by atoms with Gasteiger partial charge in [0, 0.05) is 0 Å². The summed E-state index contributed by atoms with van der Waals surface area (Å²) in [5.74, 6) is 1.56. The molecule has 0 aromatic heterocycles. The molecule has 35 heavy (non-hydrogen) atoms. The zero-order chi connectivity index (χ0) is 24.8. The van der Waals surface area contributed by atoms with E-state index in [2.05, 4.69) is 68.4 Å². The maximum atomic E-state index is 9.94. The van der Waals surface area contributed by atoms with E-state index in [-0.39, 0.29) is 5.41 Å². The highest BCUT2D eigenvalue weighted by Gasteiger charge is 2.35. The smallest absolute Gasteiger partial charge is 0.119 e. The first kappa shape index (κ1) is 27.3. The molecule has 1 saturated carbocycles. The number of hydrogen-bond acceptors (Lipinski definition) is 2. The Morgan fingerprint density at radius 3 is 1.89 bits per heavy atom. The van der Waals surface area contributed by atoms with Crippen LogP contribution in [0.1, 0.15) is 122 Å². The molecule has 2 aromatic rings. The van der Waals surface area contributed by atoms with Crippen molar-refractivity contribution in [2.45, 2.75) is 116 Å². The number of hydrogen-bond donors (Lipinski definition) is 0. The van der Waals surface area contributed by atoms with E-state index in [4.69, 9.17) is 4.74 Å². The molecule has 2 heteroatoms. The van der Waals surface area contributed by atoms with E-state index in [1.807, 2.05) is 0 Å². The van der Waals surface area contributed by atoms with Crippen molar-refractivity contribution in [1.82, 2.24) is 0 Å². The Bertz CT molecular complexity index is 869. The van der Waals surface area contributed by atoms with Crippen molar-refractivity contribution in [1.29, 1.82) is 5.26 Å². The maximum absolute atomic E-state index is 9.94. The van der Waals surface area contributed by atoms with Gasteiger partial charge in [-0.05, 0) is 73.3 Å². The second-order valence-corrected chi connectivity index (χ2v) is 10.7. The molecule has 0 amide bonds. The summed E-state index contributed by atoms with van der Waals surface area (Å²) in [5.41, 5.74) is 3.86. The van der Waals surface area contributed by atoms with E-state index >= 15 is 0 Å². The summed E-state index contributed by atoms with van der Waals surface area (Å²) < 4.78 is 5.89. The van der Waals surface area contributed by atoms with E-state index < -0.39 is 0 Å². The summed E-state index contributed by atoms with van der Waals surface area (Å²) in [4.78, 5) is 0. The van der Waals surface area contributed by atoms with Gasteiger partial charge in [-0.1, -0.05) is 108 Å². The van der Waals surface area contributed by atoms with Crippen molar-refractivity contribution in [2.24, 2.45) is 5.41 Å². The molecule has 0 heterocycles. The highest BCUT2D eigenvalue weighted by atomic mass is 16.5. The van der Waals surface area contributed by atoms with Crippen molar-refractivity contribution in [3.63, 3.8) is 0 Å². The lowest BCUT2D eigenvalue weighted by Crippen LogP contribution is -2.25. The first-order valence-corrected chi connectivity index (χ1v) is 14.4. The molecule has 0 atom stereocenters. The van der Waals surface area contributed by atoms with Gasteiger partial charge in [0.05, 0.1) is 18.1 Å². The molecule has 0 bridgehead atoms. The van der Waals surface area contributed by atoms with Gasteiger partial charge in [-0.15, -0.1) is 0 Å². The molecule has 0 saturated heterocycles. The fourth-order valence-corrected chi connectivity index (χ4v) is 5.58. The van der Waals surface area contributed by atoms with E-state index in [0.717, 1.165) is 50.9 Å². The highest BCUT2D eigenvalue weighted by molar-refractivity contribution is 5.64. The van der Waals surface area contributed by atoms with E-state index in [1.165, 1.54) is 74.5 Å². The largest absolute Gasteiger partial charge is 0.494 e. The Balaban J connectivity index is 1.46. The van der Waals surface area contributed by atoms with Crippen molar-refractivity contribution in [3.8, 4) is 22.9 Å². The minimum atomic E-state index is -0.0684. The lowest BCUT2D eigenvalue weighted by Gasteiger charge is -2.35. The quantitative estimate of drug-likeness (QED) is 0.241.